The molecule has 0 rings (SSSR count). The molecule has 1 nitrogen and oxygen atoms in total. The van der Waals surface area contributed by atoms with Gasteiger partial charge in [0, 0.05) is 0 Å². The summed E-state index contributed by atoms with van der Waals surface area (Å²) in [6.07, 6.45) is 30.9. The largest absolute Gasteiger partial charge is 0.405 e. The van der Waals surface area contributed by atoms with Crippen LogP contribution < -0.4 is 5.73 Å². The van der Waals surface area contributed by atoms with E-state index in [-0.39, 0.29) is 0 Å². The number of unbranched alkanes of at least 4 members (excludes halogenated alkanes) is 18. The molecule has 0 radical (unpaired) electrons. The summed E-state index contributed by atoms with van der Waals surface area (Å²) in [5.74, 6) is 0. The van der Waals surface area contributed by atoms with Crippen molar-refractivity contribution in [3.63, 3.8) is 0 Å². The average molecular weight is 324 g/mol. The van der Waals surface area contributed by atoms with E-state index < -0.39 is 0 Å². The van der Waals surface area contributed by atoms with Crippen LogP contribution in [0.2, 0.25) is 0 Å². The Hall–Kier alpha value is -0.460. The van der Waals surface area contributed by atoms with Gasteiger partial charge in [0.2, 0.25) is 0 Å². The Kier molecular flexibility index (Phi) is 21.1. The Morgan fingerprint density at radius 3 is 1.09 bits per heavy atom. The number of hydrogen-bond acceptors (Lipinski definition) is 1. The van der Waals surface area contributed by atoms with Crippen LogP contribution in [0.15, 0.2) is 12.3 Å². The Balaban J connectivity index is 2.95. The maximum absolute atomic E-state index is 5.32. The molecule has 0 fully saturated rings. The summed E-state index contributed by atoms with van der Waals surface area (Å²) in [5, 5.41) is 0. The lowest BCUT2D eigenvalue weighted by Gasteiger charge is -2.03. The molecule has 0 unspecified atom stereocenters. The molecule has 0 saturated heterocycles. The summed E-state index contributed by atoms with van der Waals surface area (Å²) in [6.45, 7) is 2.29. The van der Waals surface area contributed by atoms with E-state index >= 15 is 0 Å². The molecule has 0 aromatic heterocycles. The van der Waals surface area contributed by atoms with E-state index in [1.165, 1.54) is 116 Å². The van der Waals surface area contributed by atoms with Gasteiger partial charge in [-0.25, -0.2) is 0 Å². The number of nitrogens with two attached hydrogens (primary N) is 1. The van der Waals surface area contributed by atoms with Crippen LogP contribution in [0.25, 0.3) is 0 Å². The predicted molar refractivity (Wildman–Crippen MR) is 107 cm³/mol. The fourth-order valence-corrected chi connectivity index (χ4v) is 3.26. The second kappa shape index (κ2) is 21.5. The molecule has 0 aromatic rings. The zero-order chi connectivity index (χ0) is 16.8. The third-order valence-electron chi connectivity index (χ3n) is 4.86. The van der Waals surface area contributed by atoms with E-state index in [1.54, 1.807) is 6.20 Å². The van der Waals surface area contributed by atoms with Crippen LogP contribution in [0, 0.1) is 0 Å². The summed E-state index contributed by atoms with van der Waals surface area (Å²) in [4.78, 5) is 0. The Bertz CT molecular complexity index is 222. The number of hydrogen-bond donors (Lipinski definition) is 1. The van der Waals surface area contributed by atoms with Gasteiger partial charge in [-0.3, -0.25) is 0 Å². The minimum atomic E-state index is 1.16. The van der Waals surface area contributed by atoms with Crippen molar-refractivity contribution >= 4 is 0 Å². The first-order chi connectivity index (χ1) is 11.4. The molecule has 0 atom stereocenters. The van der Waals surface area contributed by atoms with Crippen LogP contribution in [0.3, 0.4) is 0 Å². The molecule has 138 valence electrons. The molecule has 0 saturated carbocycles. The van der Waals surface area contributed by atoms with Crippen LogP contribution in [-0.4, -0.2) is 0 Å². The van der Waals surface area contributed by atoms with Crippen molar-refractivity contribution in [2.45, 2.75) is 129 Å². The van der Waals surface area contributed by atoms with E-state index in [0.717, 1.165) is 6.42 Å². The van der Waals surface area contributed by atoms with Crippen molar-refractivity contribution in [2.75, 3.05) is 0 Å². The van der Waals surface area contributed by atoms with Gasteiger partial charge in [0.25, 0.3) is 0 Å². The van der Waals surface area contributed by atoms with E-state index in [2.05, 4.69) is 13.0 Å². The summed E-state index contributed by atoms with van der Waals surface area (Å²) in [5.41, 5.74) is 5.32. The van der Waals surface area contributed by atoms with E-state index in [4.69, 9.17) is 5.73 Å². The van der Waals surface area contributed by atoms with Gasteiger partial charge in [-0.15, -0.1) is 0 Å². The Labute approximate surface area is 147 Å². The summed E-state index contributed by atoms with van der Waals surface area (Å²) >= 11 is 0. The summed E-state index contributed by atoms with van der Waals surface area (Å²) in [6, 6.07) is 0. The van der Waals surface area contributed by atoms with Crippen LogP contribution in [-0.2, 0) is 0 Å². The quantitative estimate of drug-likeness (QED) is 0.240. The van der Waals surface area contributed by atoms with Crippen LogP contribution in [0.4, 0.5) is 0 Å². The first kappa shape index (κ1) is 22.5. The minimum absolute atomic E-state index is 1.16. The lowest BCUT2D eigenvalue weighted by atomic mass is 10.0. The molecule has 0 aromatic carbocycles. The second-order valence-electron chi connectivity index (χ2n) is 7.23. The second-order valence-corrected chi connectivity index (χ2v) is 7.23. The summed E-state index contributed by atoms with van der Waals surface area (Å²) < 4.78 is 0. The van der Waals surface area contributed by atoms with E-state index in [1.807, 2.05) is 0 Å². The van der Waals surface area contributed by atoms with Crippen molar-refractivity contribution in [1.82, 2.24) is 0 Å². The highest BCUT2D eigenvalue weighted by atomic mass is 14.5. The first-order valence-corrected chi connectivity index (χ1v) is 10.8. The third kappa shape index (κ3) is 21.5. The van der Waals surface area contributed by atoms with E-state index in [9.17, 15) is 0 Å². The predicted octanol–water partition coefficient (Wildman–Crippen LogP) is 7.89. The maximum atomic E-state index is 5.32. The van der Waals surface area contributed by atoms with Gasteiger partial charge in [0.15, 0.2) is 0 Å². The van der Waals surface area contributed by atoms with Crippen molar-refractivity contribution in [1.29, 1.82) is 0 Å². The van der Waals surface area contributed by atoms with E-state index in [0.29, 0.717) is 0 Å². The van der Waals surface area contributed by atoms with Crippen LogP contribution >= 0.6 is 0 Å². The number of rotatable bonds is 19. The lowest BCUT2D eigenvalue weighted by Crippen LogP contribution is -1.84. The number of allylic oxidation sites excluding steroid dienone is 1. The Morgan fingerprint density at radius 1 is 0.478 bits per heavy atom. The molecule has 1 heteroatoms. The normalized spacial score (nSPS) is 11.5. The molecule has 0 heterocycles. The molecule has 0 aliphatic heterocycles. The standard InChI is InChI=1S/C22H45N/c1-2-3-4-5-6-7-8-9-10-11-12-13-14-15-16-17-18-19-20-21-22-23/h21-22H,2-20,23H2,1H3/b22-21+. The highest BCUT2D eigenvalue weighted by Crippen LogP contribution is 2.14. The van der Waals surface area contributed by atoms with Crippen molar-refractivity contribution < 1.29 is 0 Å². The SMILES string of the molecule is CCCCCCCCCCCCCCCCCCCC/C=C/N. The Morgan fingerprint density at radius 2 is 0.783 bits per heavy atom. The van der Waals surface area contributed by atoms with Gasteiger partial charge in [-0.1, -0.05) is 122 Å². The van der Waals surface area contributed by atoms with Gasteiger partial charge in [0.05, 0.1) is 0 Å². The topological polar surface area (TPSA) is 26.0 Å². The highest BCUT2D eigenvalue weighted by molar-refractivity contribution is 4.74. The maximum Gasteiger partial charge on any atom is -0.0103 e. The van der Waals surface area contributed by atoms with Crippen molar-refractivity contribution in [3.8, 4) is 0 Å². The van der Waals surface area contributed by atoms with Gasteiger partial charge in [-0.2, -0.15) is 0 Å². The van der Waals surface area contributed by atoms with Crippen molar-refractivity contribution in [3.05, 3.63) is 12.3 Å². The molecule has 23 heavy (non-hydrogen) atoms. The van der Waals surface area contributed by atoms with Gasteiger partial charge < -0.3 is 5.73 Å². The third-order valence-corrected chi connectivity index (χ3v) is 4.86. The first-order valence-electron chi connectivity index (χ1n) is 10.8. The highest BCUT2D eigenvalue weighted by Gasteiger charge is 1.94. The summed E-state index contributed by atoms with van der Waals surface area (Å²) in [7, 11) is 0. The molecule has 2 N–H and O–H groups in total. The van der Waals surface area contributed by atoms with Gasteiger partial charge in [-0.05, 0) is 19.0 Å². The zero-order valence-electron chi connectivity index (χ0n) is 16.2. The molecule has 0 aliphatic rings. The zero-order valence-corrected chi connectivity index (χ0v) is 16.2. The van der Waals surface area contributed by atoms with Gasteiger partial charge >= 0.3 is 0 Å². The minimum Gasteiger partial charge on any atom is -0.405 e. The van der Waals surface area contributed by atoms with Crippen molar-refractivity contribution in [2.24, 2.45) is 5.73 Å². The molecule has 0 aliphatic carbocycles. The molecule has 0 spiro atoms. The monoisotopic (exact) mass is 323 g/mol. The molecular weight excluding hydrogens is 278 g/mol. The lowest BCUT2D eigenvalue weighted by molar-refractivity contribution is 0.525. The fourth-order valence-electron chi connectivity index (χ4n) is 3.26. The van der Waals surface area contributed by atoms with Crippen LogP contribution in [0.5, 0.6) is 0 Å². The molecule has 0 amide bonds. The van der Waals surface area contributed by atoms with Crippen LogP contribution in [0.1, 0.15) is 129 Å². The molecule has 0 bridgehead atoms. The van der Waals surface area contributed by atoms with Gasteiger partial charge in [0.1, 0.15) is 0 Å². The average Bonchev–Trinajstić information content (AvgIpc) is 2.57. The smallest absolute Gasteiger partial charge is 0.0103 e. The molecular formula is C22H45N. The fraction of sp³-hybridized carbons (Fsp3) is 0.909.